The van der Waals surface area contributed by atoms with Crippen LogP contribution in [-0.4, -0.2) is 16.8 Å². The van der Waals surface area contributed by atoms with Gasteiger partial charge in [0.2, 0.25) is 0 Å². The van der Waals surface area contributed by atoms with Gasteiger partial charge in [0.05, 0.1) is 0 Å². The zero-order valence-electron chi connectivity index (χ0n) is 8.39. The van der Waals surface area contributed by atoms with Crippen molar-refractivity contribution in [3.05, 3.63) is 0 Å². The monoisotopic (exact) mass is 187 g/mol. The molecule has 0 unspecified atom stereocenters. The van der Waals surface area contributed by atoms with Crippen molar-refractivity contribution in [2.45, 2.75) is 40.7 Å². The molecule has 0 saturated heterocycles. The Morgan fingerprint density at radius 3 is 2.00 bits per heavy atom. The fraction of sp³-hybridized carbons (Fsp3) is 0.778. The van der Waals surface area contributed by atoms with Gasteiger partial charge in [0.15, 0.2) is 5.78 Å². The van der Waals surface area contributed by atoms with Crippen molar-refractivity contribution in [2.24, 2.45) is 5.41 Å². The highest BCUT2D eigenvalue weighted by Gasteiger charge is 2.25. The Hall–Kier alpha value is -0.440. The highest BCUT2D eigenvalue weighted by molar-refractivity contribution is 7.82. The number of hydrogen-bond donors (Lipinski definition) is 1. The molecule has 0 aliphatic heterocycles. The molecule has 1 N–H and O–H groups in total. The van der Waals surface area contributed by atoms with Gasteiger partial charge in [-0.25, -0.2) is 0 Å². The molecule has 0 bridgehead atoms. The lowest BCUT2D eigenvalue weighted by Gasteiger charge is -2.19. The van der Waals surface area contributed by atoms with Crippen molar-refractivity contribution in [3.63, 3.8) is 0 Å². The highest BCUT2D eigenvalue weighted by Crippen LogP contribution is 2.14. The number of Topliss-reactive ketones (excluding diaryl/α,β-unsaturated/α-hetero) is 1. The number of ketones is 1. The van der Waals surface area contributed by atoms with Crippen molar-refractivity contribution in [2.75, 3.05) is 0 Å². The third kappa shape index (κ3) is 3.81. The first-order chi connectivity index (χ1) is 5.25. The quantitative estimate of drug-likeness (QED) is 0.670. The molecule has 0 atom stereocenters. The summed E-state index contributed by atoms with van der Waals surface area (Å²) < 4.78 is 0. The molecule has 0 aromatic heterocycles. The van der Waals surface area contributed by atoms with E-state index in [1.54, 1.807) is 0 Å². The number of hydrogen-bond acceptors (Lipinski definition) is 2. The molecule has 0 amide bonds. The van der Waals surface area contributed by atoms with Crippen LogP contribution < -0.4 is 5.32 Å². The van der Waals surface area contributed by atoms with E-state index in [2.05, 4.69) is 5.32 Å². The van der Waals surface area contributed by atoms with Crippen LogP contribution in [0.5, 0.6) is 0 Å². The number of carbonyl (C=O) groups is 1. The minimum atomic E-state index is -0.376. The molecular weight excluding hydrogens is 170 g/mol. The molecule has 0 aromatic carbocycles. The van der Waals surface area contributed by atoms with E-state index in [0.717, 1.165) is 0 Å². The molecule has 0 aliphatic carbocycles. The van der Waals surface area contributed by atoms with Gasteiger partial charge in [0.1, 0.15) is 4.99 Å². The van der Waals surface area contributed by atoms with Crippen molar-refractivity contribution in [1.82, 2.24) is 5.32 Å². The van der Waals surface area contributed by atoms with Crippen LogP contribution in [0.3, 0.4) is 0 Å². The smallest absolute Gasteiger partial charge is 0.195 e. The second-order valence-electron chi connectivity index (χ2n) is 4.21. The second kappa shape index (κ2) is 3.99. The topological polar surface area (TPSA) is 29.1 Å². The standard InChI is InChI=1S/C9H17NOS/c1-6(2)10-8(12)7(11)9(3,4)5/h6H,1-5H3,(H,10,12). The van der Waals surface area contributed by atoms with Crippen LogP contribution in [0.2, 0.25) is 0 Å². The Balaban J connectivity index is 4.22. The third-order valence-corrected chi connectivity index (χ3v) is 1.61. The average Bonchev–Trinajstić information content (AvgIpc) is 1.82. The maximum Gasteiger partial charge on any atom is 0.195 e. The van der Waals surface area contributed by atoms with Crippen molar-refractivity contribution < 1.29 is 4.79 Å². The number of carbonyl (C=O) groups excluding carboxylic acids is 1. The van der Waals surface area contributed by atoms with E-state index in [4.69, 9.17) is 12.2 Å². The average molecular weight is 187 g/mol. The molecule has 0 rings (SSSR count). The SMILES string of the molecule is CC(C)NC(=S)C(=O)C(C)(C)C. The zero-order chi connectivity index (χ0) is 9.94. The van der Waals surface area contributed by atoms with E-state index in [0.29, 0.717) is 4.99 Å². The summed E-state index contributed by atoms with van der Waals surface area (Å²) in [5.74, 6) is 0.00574. The molecule has 0 aromatic rings. The Morgan fingerprint density at radius 1 is 1.33 bits per heavy atom. The summed E-state index contributed by atoms with van der Waals surface area (Å²) in [4.78, 5) is 11.8. The number of rotatable bonds is 2. The lowest BCUT2D eigenvalue weighted by atomic mass is 9.91. The predicted octanol–water partition coefficient (Wildman–Crippen LogP) is 1.93. The van der Waals surface area contributed by atoms with Crippen molar-refractivity contribution in [1.29, 1.82) is 0 Å². The van der Waals surface area contributed by atoms with Crippen LogP contribution >= 0.6 is 12.2 Å². The molecule has 12 heavy (non-hydrogen) atoms. The fourth-order valence-corrected chi connectivity index (χ4v) is 1.21. The van der Waals surface area contributed by atoms with E-state index in [1.807, 2.05) is 34.6 Å². The van der Waals surface area contributed by atoms with E-state index in [1.165, 1.54) is 0 Å². The second-order valence-corrected chi connectivity index (χ2v) is 4.62. The molecular formula is C9H17NOS. The molecule has 0 aliphatic rings. The summed E-state index contributed by atoms with van der Waals surface area (Å²) >= 11 is 4.94. The van der Waals surface area contributed by atoms with Crippen molar-refractivity contribution >= 4 is 23.0 Å². The minimum Gasteiger partial charge on any atom is -0.371 e. The molecule has 3 heteroatoms. The van der Waals surface area contributed by atoms with E-state index < -0.39 is 0 Å². The Bertz CT molecular complexity index is 191. The van der Waals surface area contributed by atoms with Crippen LogP contribution in [0.25, 0.3) is 0 Å². The normalized spacial score (nSPS) is 11.5. The number of thiocarbonyl (C=S) groups is 1. The largest absolute Gasteiger partial charge is 0.371 e. The van der Waals surface area contributed by atoms with Gasteiger partial charge in [0.25, 0.3) is 0 Å². The van der Waals surface area contributed by atoms with Gasteiger partial charge in [-0.2, -0.15) is 0 Å². The van der Waals surface area contributed by atoms with E-state index in [9.17, 15) is 4.79 Å². The van der Waals surface area contributed by atoms with Crippen LogP contribution in [0.15, 0.2) is 0 Å². The summed E-state index contributed by atoms with van der Waals surface area (Å²) in [5, 5.41) is 2.93. The maximum atomic E-state index is 11.5. The van der Waals surface area contributed by atoms with Crippen LogP contribution in [0.1, 0.15) is 34.6 Å². The molecule has 70 valence electrons. The molecule has 2 nitrogen and oxygen atoms in total. The van der Waals surface area contributed by atoms with Crippen molar-refractivity contribution in [3.8, 4) is 0 Å². The predicted molar refractivity (Wildman–Crippen MR) is 55.3 cm³/mol. The maximum absolute atomic E-state index is 11.5. The van der Waals surface area contributed by atoms with Gasteiger partial charge >= 0.3 is 0 Å². The van der Waals surface area contributed by atoms with Crippen LogP contribution in [0.4, 0.5) is 0 Å². The van der Waals surface area contributed by atoms with Gasteiger partial charge in [-0.05, 0) is 13.8 Å². The van der Waals surface area contributed by atoms with E-state index >= 15 is 0 Å². The van der Waals surface area contributed by atoms with E-state index in [-0.39, 0.29) is 17.2 Å². The molecule has 0 radical (unpaired) electrons. The Kier molecular flexibility index (Phi) is 3.84. The first-order valence-electron chi connectivity index (χ1n) is 4.10. The summed E-state index contributed by atoms with van der Waals surface area (Å²) in [6.45, 7) is 9.52. The number of nitrogens with one attached hydrogen (secondary N) is 1. The lowest BCUT2D eigenvalue weighted by Crippen LogP contribution is -2.40. The minimum absolute atomic E-state index is 0.00574. The summed E-state index contributed by atoms with van der Waals surface area (Å²) in [6, 6.07) is 0.226. The van der Waals surface area contributed by atoms with Crippen LogP contribution in [0, 0.1) is 5.41 Å². The lowest BCUT2D eigenvalue weighted by molar-refractivity contribution is -0.119. The van der Waals surface area contributed by atoms with Gasteiger partial charge in [-0.1, -0.05) is 33.0 Å². The Morgan fingerprint density at radius 2 is 1.75 bits per heavy atom. The fourth-order valence-electron chi connectivity index (χ4n) is 0.668. The molecule has 0 spiro atoms. The third-order valence-electron chi connectivity index (χ3n) is 1.31. The molecule has 0 fully saturated rings. The Labute approximate surface area is 79.7 Å². The van der Waals surface area contributed by atoms with Gasteiger partial charge in [0, 0.05) is 11.5 Å². The van der Waals surface area contributed by atoms with Crippen LogP contribution in [-0.2, 0) is 4.79 Å². The molecule has 0 heterocycles. The highest BCUT2D eigenvalue weighted by atomic mass is 32.1. The first-order valence-corrected chi connectivity index (χ1v) is 4.51. The van der Waals surface area contributed by atoms with Gasteiger partial charge in [-0.3, -0.25) is 4.79 Å². The summed E-state index contributed by atoms with van der Waals surface area (Å²) in [7, 11) is 0. The van der Waals surface area contributed by atoms with Gasteiger partial charge in [-0.15, -0.1) is 0 Å². The molecule has 0 saturated carbocycles. The summed E-state index contributed by atoms with van der Waals surface area (Å²) in [5.41, 5.74) is -0.376. The summed E-state index contributed by atoms with van der Waals surface area (Å²) in [6.07, 6.45) is 0. The first kappa shape index (κ1) is 11.6. The van der Waals surface area contributed by atoms with Gasteiger partial charge < -0.3 is 5.32 Å². The zero-order valence-corrected chi connectivity index (χ0v) is 9.21.